The third kappa shape index (κ3) is 2.07. The maximum absolute atomic E-state index is 11.2. The van der Waals surface area contributed by atoms with Gasteiger partial charge in [-0.05, 0) is 12.5 Å². The Hall–Kier alpha value is -1.35. The average molecular weight is 230 g/mol. The van der Waals surface area contributed by atoms with Gasteiger partial charge in [-0.25, -0.2) is 0 Å². The lowest BCUT2D eigenvalue weighted by molar-refractivity contribution is -0.119. The van der Waals surface area contributed by atoms with Crippen LogP contribution in [0.5, 0.6) is 0 Å². The molecule has 2 fully saturated rings. The van der Waals surface area contributed by atoms with Crippen LogP contribution in [-0.2, 0) is 4.79 Å². The Balaban J connectivity index is 1.63. The lowest BCUT2D eigenvalue weighted by Crippen LogP contribution is -2.19. The van der Waals surface area contributed by atoms with Gasteiger partial charge in [-0.1, -0.05) is 30.3 Å². The van der Waals surface area contributed by atoms with Crippen LogP contribution in [0.1, 0.15) is 24.9 Å². The number of hydrogen-bond acceptors (Lipinski definition) is 2. The molecule has 0 radical (unpaired) electrons. The molecule has 0 bridgehead atoms. The van der Waals surface area contributed by atoms with E-state index >= 15 is 0 Å². The van der Waals surface area contributed by atoms with Gasteiger partial charge in [0.25, 0.3) is 0 Å². The molecule has 1 N–H and O–H groups in total. The Kier molecular flexibility index (Phi) is 2.63. The molecule has 0 saturated carbocycles. The van der Waals surface area contributed by atoms with Crippen LogP contribution >= 0.6 is 0 Å². The molecular weight excluding hydrogens is 212 g/mol. The molecule has 3 nitrogen and oxygen atoms in total. The van der Waals surface area contributed by atoms with E-state index in [0.29, 0.717) is 24.4 Å². The van der Waals surface area contributed by atoms with E-state index in [0.717, 1.165) is 13.1 Å². The first-order chi connectivity index (χ1) is 8.25. The number of carbonyl (C=O) groups excluding carboxylic acids is 1. The van der Waals surface area contributed by atoms with E-state index in [1.165, 1.54) is 5.56 Å². The molecule has 3 heteroatoms. The number of carbonyl (C=O) groups is 1. The fourth-order valence-corrected chi connectivity index (χ4v) is 2.86. The number of benzene rings is 1. The van der Waals surface area contributed by atoms with E-state index in [1.54, 1.807) is 0 Å². The van der Waals surface area contributed by atoms with Gasteiger partial charge in [0.15, 0.2) is 0 Å². The van der Waals surface area contributed by atoms with Gasteiger partial charge in [-0.3, -0.25) is 9.69 Å². The zero-order valence-corrected chi connectivity index (χ0v) is 10.1. The molecular formula is C14H18N2O. The van der Waals surface area contributed by atoms with Crippen LogP contribution < -0.4 is 5.32 Å². The second-order valence-corrected chi connectivity index (χ2v) is 5.12. The van der Waals surface area contributed by atoms with E-state index in [4.69, 9.17) is 0 Å². The minimum absolute atomic E-state index is 0.217. The summed E-state index contributed by atoms with van der Waals surface area (Å²) in [4.78, 5) is 13.7. The molecule has 2 aliphatic rings. The molecule has 1 amide bonds. The van der Waals surface area contributed by atoms with Crippen molar-refractivity contribution >= 4 is 5.91 Å². The van der Waals surface area contributed by atoms with Gasteiger partial charge in [-0.15, -0.1) is 0 Å². The number of hydrogen-bond donors (Lipinski definition) is 1. The first kappa shape index (κ1) is 10.8. The maximum Gasteiger partial charge on any atom is 0.220 e. The zero-order valence-electron chi connectivity index (χ0n) is 10.1. The van der Waals surface area contributed by atoms with Crippen molar-refractivity contribution in [3.63, 3.8) is 0 Å². The number of nitrogens with one attached hydrogen (secondary N) is 1. The van der Waals surface area contributed by atoms with Gasteiger partial charge in [-0.2, -0.15) is 0 Å². The summed E-state index contributed by atoms with van der Waals surface area (Å²) >= 11 is 0. The van der Waals surface area contributed by atoms with Crippen LogP contribution in [-0.4, -0.2) is 29.9 Å². The second kappa shape index (κ2) is 4.15. The Labute approximate surface area is 102 Å². The molecule has 0 spiro atoms. The Morgan fingerprint density at radius 3 is 2.76 bits per heavy atom. The molecule has 2 saturated heterocycles. The van der Waals surface area contributed by atoms with E-state index in [2.05, 4.69) is 47.5 Å². The van der Waals surface area contributed by atoms with Crippen LogP contribution in [0, 0.1) is 5.92 Å². The molecule has 1 unspecified atom stereocenters. The quantitative estimate of drug-likeness (QED) is 0.799. The van der Waals surface area contributed by atoms with Gasteiger partial charge in [0.1, 0.15) is 0 Å². The smallest absolute Gasteiger partial charge is 0.220 e. The van der Waals surface area contributed by atoms with Crippen LogP contribution in [0.25, 0.3) is 0 Å². The molecule has 1 aromatic rings. The molecule has 0 aliphatic carbocycles. The predicted molar refractivity (Wildman–Crippen MR) is 66.5 cm³/mol. The SMILES string of the molecule is C[C@@H](c1ccccc1)N1C[C@H]1[C@H]1CNC(=O)C1. The van der Waals surface area contributed by atoms with Crippen molar-refractivity contribution in [3.8, 4) is 0 Å². The second-order valence-electron chi connectivity index (χ2n) is 5.12. The highest BCUT2D eigenvalue weighted by Crippen LogP contribution is 2.37. The molecule has 17 heavy (non-hydrogen) atoms. The number of rotatable bonds is 3. The normalized spacial score (nSPS) is 33.2. The maximum atomic E-state index is 11.2. The van der Waals surface area contributed by atoms with Crippen molar-refractivity contribution in [1.82, 2.24) is 10.2 Å². The standard InChI is InChI=1S/C14H18N2O/c1-10(11-5-3-2-4-6-11)16-9-13(16)12-7-14(17)15-8-12/h2-6,10,12-13H,7-9H2,1H3,(H,15,17)/t10-,12+,13-,16?/m0/s1. The average Bonchev–Trinajstić information content (AvgIpc) is 3.05. The number of nitrogens with zero attached hydrogens (tertiary/aromatic N) is 1. The van der Waals surface area contributed by atoms with Gasteiger partial charge < -0.3 is 5.32 Å². The van der Waals surface area contributed by atoms with E-state index in [1.807, 2.05) is 0 Å². The summed E-state index contributed by atoms with van der Waals surface area (Å²) in [6, 6.07) is 11.7. The van der Waals surface area contributed by atoms with E-state index in [9.17, 15) is 4.79 Å². The molecule has 0 aromatic heterocycles. The summed E-state index contributed by atoms with van der Waals surface area (Å²) in [6.07, 6.45) is 0.711. The van der Waals surface area contributed by atoms with Crippen molar-refractivity contribution in [3.05, 3.63) is 35.9 Å². The van der Waals surface area contributed by atoms with Gasteiger partial charge in [0.05, 0.1) is 0 Å². The topological polar surface area (TPSA) is 32.1 Å². The van der Waals surface area contributed by atoms with E-state index < -0.39 is 0 Å². The molecule has 90 valence electrons. The Morgan fingerprint density at radius 2 is 2.12 bits per heavy atom. The van der Waals surface area contributed by atoms with Crippen molar-refractivity contribution in [2.75, 3.05) is 13.1 Å². The van der Waals surface area contributed by atoms with Crippen molar-refractivity contribution in [2.24, 2.45) is 5.92 Å². The molecule has 2 heterocycles. The highest BCUT2D eigenvalue weighted by Gasteiger charge is 2.45. The van der Waals surface area contributed by atoms with Crippen molar-refractivity contribution in [1.29, 1.82) is 0 Å². The summed E-state index contributed by atoms with van der Waals surface area (Å²) in [5, 5.41) is 2.92. The lowest BCUT2D eigenvalue weighted by Gasteiger charge is -2.16. The zero-order chi connectivity index (χ0) is 11.8. The van der Waals surface area contributed by atoms with Gasteiger partial charge in [0.2, 0.25) is 5.91 Å². The summed E-state index contributed by atoms with van der Waals surface area (Å²) < 4.78 is 0. The van der Waals surface area contributed by atoms with Crippen LogP contribution in [0.2, 0.25) is 0 Å². The monoisotopic (exact) mass is 230 g/mol. The van der Waals surface area contributed by atoms with Crippen LogP contribution in [0.15, 0.2) is 30.3 Å². The molecule has 1 aromatic carbocycles. The summed E-state index contributed by atoms with van der Waals surface area (Å²) in [5.41, 5.74) is 1.37. The molecule has 4 atom stereocenters. The van der Waals surface area contributed by atoms with Crippen molar-refractivity contribution in [2.45, 2.75) is 25.4 Å². The first-order valence-corrected chi connectivity index (χ1v) is 6.33. The fourth-order valence-electron chi connectivity index (χ4n) is 2.86. The third-order valence-corrected chi connectivity index (χ3v) is 4.02. The fraction of sp³-hybridized carbons (Fsp3) is 0.500. The van der Waals surface area contributed by atoms with E-state index in [-0.39, 0.29) is 5.91 Å². The third-order valence-electron chi connectivity index (χ3n) is 4.02. The minimum Gasteiger partial charge on any atom is -0.356 e. The Bertz CT molecular complexity index is 417. The summed E-state index contributed by atoms with van der Waals surface area (Å²) in [7, 11) is 0. The van der Waals surface area contributed by atoms with Crippen LogP contribution in [0.4, 0.5) is 0 Å². The highest BCUT2D eigenvalue weighted by molar-refractivity contribution is 5.78. The van der Waals surface area contributed by atoms with Gasteiger partial charge in [0, 0.05) is 37.5 Å². The molecule has 3 rings (SSSR count). The molecule has 2 aliphatic heterocycles. The largest absolute Gasteiger partial charge is 0.356 e. The number of amides is 1. The van der Waals surface area contributed by atoms with Crippen LogP contribution in [0.3, 0.4) is 0 Å². The predicted octanol–water partition coefficient (Wildman–Crippen LogP) is 1.57. The highest BCUT2D eigenvalue weighted by atomic mass is 16.1. The Morgan fingerprint density at radius 1 is 1.35 bits per heavy atom. The minimum atomic E-state index is 0.217. The lowest BCUT2D eigenvalue weighted by atomic mass is 10.0. The van der Waals surface area contributed by atoms with Gasteiger partial charge >= 0.3 is 0 Å². The summed E-state index contributed by atoms with van der Waals surface area (Å²) in [5.74, 6) is 0.739. The van der Waals surface area contributed by atoms with Crippen molar-refractivity contribution < 1.29 is 4.79 Å². The first-order valence-electron chi connectivity index (χ1n) is 6.33. The summed E-state index contributed by atoms with van der Waals surface area (Å²) in [6.45, 7) is 4.25.